The van der Waals surface area contributed by atoms with Crippen LogP contribution in [0.15, 0.2) is 59.4 Å². The van der Waals surface area contributed by atoms with Crippen molar-refractivity contribution in [3.63, 3.8) is 0 Å². The predicted octanol–water partition coefficient (Wildman–Crippen LogP) is 2.27. The third-order valence-corrected chi connectivity index (χ3v) is 6.51. The van der Waals surface area contributed by atoms with Crippen LogP contribution < -0.4 is 16.3 Å². The molecule has 1 amide bonds. The second-order valence-electron chi connectivity index (χ2n) is 7.26. The van der Waals surface area contributed by atoms with E-state index in [0.29, 0.717) is 24.9 Å². The van der Waals surface area contributed by atoms with Crippen LogP contribution in [-0.2, 0) is 24.3 Å². The topological polar surface area (TPSA) is 86.2 Å². The number of benzene rings is 1. The van der Waals surface area contributed by atoms with Gasteiger partial charge in [0.05, 0.1) is 25.3 Å². The Morgan fingerprint density at radius 3 is 2.87 bits per heavy atom. The zero-order valence-corrected chi connectivity index (χ0v) is 17.3. The van der Waals surface area contributed by atoms with E-state index in [9.17, 15) is 14.0 Å². The number of nitrogens with zero attached hydrogens (tertiary/aromatic N) is 4. The minimum Gasteiger partial charge on any atom is -0.327 e. The number of hydrogen-bond donors (Lipinski definition) is 1. The molecule has 3 aromatic rings. The number of carbonyl (C=O) groups is 1. The first-order valence-electron chi connectivity index (χ1n) is 9.56. The quantitative estimate of drug-likeness (QED) is 0.654. The molecule has 2 aromatic heterocycles. The number of nitrogens with two attached hydrogens (primary N) is 1. The molecule has 3 heterocycles. The maximum Gasteiger partial charge on any atom is 0.346 e. The Hall–Kier alpha value is -3.04. The van der Waals surface area contributed by atoms with Gasteiger partial charge >= 0.3 is 5.69 Å². The number of fused-ring (bicyclic) bond motifs is 1. The standard InChI is InChI=1S/C21H22FN5O2S/c1-25-18-5-3-2-4-15(18)8-17(20(25)28)19-7-6-16(30-19)12-26-13-24-27(21(26)29)11-14(9-22)10-23/h2-7,9,13,17H,8,10-12,23H2,1H3/b14-9+. The molecule has 7 nitrogen and oxygen atoms in total. The van der Waals surface area contributed by atoms with E-state index in [1.54, 1.807) is 11.9 Å². The predicted molar refractivity (Wildman–Crippen MR) is 114 cm³/mol. The van der Waals surface area contributed by atoms with Gasteiger partial charge in [0.25, 0.3) is 0 Å². The molecule has 0 radical (unpaired) electrons. The van der Waals surface area contributed by atoms with E-state index in [4.69, 9.17) is 5.73 Å². The average Bonchev–Trinajstić information content (AvgIpc) is 3.36. The third kappa shape index (κ3) is 3.73. The molecule has 2 N–H and O–H groups in total. The molecular weight excluding hydrogens is 405 g/mol. The van der Waals surface area contributed by atoms with E-state index in [1.807, 2.05) is 30.3 Å². The highest BCUT2D eigenvalue weighted by atomic mass is 32.1. The molecule has 0 saturated heterocycles. The molecule has 0 saturated carbocycles. The maximum atomic E-state index is 12.9. The van der Waals surface area contributed by atoms with Crippen LogP contribution in [0.4, 0.5) is 10.1 Å². The fraction of sp³-hybridized carbons (Fsp3) is 0.286. The molecule has 30 heavy (non-hydrogen) atoms. The highest BCUT2D eigenvalue weighted by Gasteiger charge is 2.32. The summed E-state index contributed by atoms with van der Waals surface area (Å²) in [6.07, 6.45) is 2.51. The number of aromatic nitrogens is 3. The summed E-state index contributed by atoms with van der Waals surface area (Å²) >= 11 is 1.52. The van der Waals surface area contributed by atoms with Crippen molar-refractivity contribution in [2.75, 3.05) is 18.5 Å². The largest absolute Gasteiger partial charge is 0.346 e. The van der Waals surface area contributed by atoms with Crippen LogP contribution in [0.2, 0.25) is 0 Å². The molecule has 1 atom stereocenters. The van der Waals surface area contributed by atoms with Crippen molar-refractivity contribution in [3.05, 3.63) is 80.4 Å². The summed E-state index contributed by atoms with van der Waals surface area (Å²) in [7, 11) is 1.80. The molecule has 0 aliphatic carbocycles. The van der Waals surface area contributed by atoms with Gasteiger partial charge < -0.3 is 10.6 Å². The van der Waals surface area contributed by atoms with Gasteiger partial charge in [-0.3, -0.25) is 9.36 Å². The van der Waals surface area contributed by atoms with Gasteiger partial charge in [-0.2, -0.15) is 5.10 Å². The summed E-state index contributed by atoms with van der Waals surface area (Å²) in [6, 6.07) is 11.8. The smallest absolute Gasteiger partial charge is 0.327 e. The molecule has 1 unspecified atom stereocenters. The summed E-state index contributed by atoms with van der Waals surface area (Å²) in [5.41, 5.74) is 7.51. The summed E-state index contributed by atoms with van der Waals surface area (Å²) in [5.74, 6) is -0.163. The van der Waals surface area contributed by atoms with Crippen molar-refractivity contribution in [2.45, 2.75) is 25.4 Å². The number of amides is 1. The van der Waals surface area contributed by atoms with Crippen molar-refractivity contribution in [1.82, 2.24) is 14.3 Å². The van der Waals surface area contributed by atoms with Crippen LogP contribution in [0.3, 0.4) is 0 Å². The molecule has 0 spiro atoms. The SMILES string of the molecule is CN1C(=O)C(c2ccc(Cn3cnn(C/C(=C/F)CN)c3=O)s2)Cc2ccccc21. The molecule has 1 aliphatic heterocycles. The Morgan fingerprint density at radius 1 is 1.30 bits per heavy atom. The van der Waals surface area contributed by atoms with E-state index in [0.717, 1.165) is 21.0 Å². The van der Waals surface area contributed by atoms with Crippen molar-refractivity contribution in [2.24, 2.45) is 5.73 Å². The second kappa shape index (κ2) is 8.37. The zero-order chi connectivity index (χ0) is 21.3. The minimum absolute atomic E-state index is 0.0246. The van der Waals surface area contributed by atoms with E-state index in [2.05, 4.69) is 11.2 Å². The van der Waals surface area contributed by atoms with E-state index < -0.39 is 0 Å². The van der Waals surface area contributed by atoms with Crippen molar-refractivity contribution in [3.8, 4) is 0 Å². The molecule has 156 valence electrons. The van der Waals surface area contributed by atoms with Crippen molar-refractivity contribution in [1.29, 1.82) is 0 Å². The monoisotopic (exact) mass is 427 g/mol. The Balaban J connectivity index is 1.53. The molecule has 0 fully saturated rings. The lowest BCUT2D eigenvalue weighted by atomic mass is 9.91. The van der Waals surface area contributed by atoms with Gasteiger partial charge in [-0.15, -0.1) is 11.3 Å². The van der Waals surface area contributed by atoms with Gasteiger partial charge in [-0.25, -0.2) is 13.9 Å². The van der Waals surface area contributed by atoms with E-state index in [1.165, 1.54) is 26.9 Å². The molecular formula is C21H22FN5O2S. The normalized spacial score (nSPS) is 16.8. The zero-order valence-electron chi connectivity index (χ0n) is 16.5. The number of rotatable bonds is 6. The summed E-state index contributed by atoms with van der Waals surface area (Å²) < 4.78 is 15.4. The van der Waals surface area contributed by atoms with Gasteiger partial charge in [-0.05, 0) is 35.8 Å². The first kappa shape index (κ1) is 20.2. The first-order chi connectivity index (χ1) is 14.5. The van der Waals surface area contributed by atoms with Crippen LogP contribution in [-0.4, -0.2) is 33.8 Å². The summed E-state index contributed by atoms with van der Waals surface area (Å²) in [6.45, 7) is 0.391. The molecule has 4 rings (SSSR count). The lowest BCUT2D eigenvalue weighted by molar-refractivity contribution is -0.120. The van der Waals surface area contributed by atoms with Gasteiger partial charge in [0, 0.05) is 29.0 Å². The number of likely N-dealkylation sites (N-methyl/N-ethyl adjacent to an activating group) is 1. The van der Waals surface area contributed by atoms with Crippen molar-refractivity contribution >= 4 is 22.9 Å². The second-order valence-corrected chi connectivity index (χ2v) is 8.46. The number of carbonyl (C=O) groups excluding carboxylic acids is 1. The van der Waals surface area contributed by atoms with Gasteiger partial charge in [-0.1, -0.05) is 18.2 Å². The molecule has 9 heteroatoms. The van der Waals surface area contributed by atoms with Crippen LogP contribution >= 0.6 is 11.3 Å². The van der Waals surface area contributed by atoms with E-state index >= 15 is 0 Å². The Labute approximate surface area is 176 Å². The van der Waals surface area contributed by atoms with Crippen LogP contribution in [0.1, 0.15) is 21.2 Å². The number of halogens is 1. The third-order valence-electron chi connectivity index (χ3n) is 5.32. The van der Waals surface area contributed by atoms with Crippen LogP contribution in [0.5, 0.6) is 0 Å². The highest BCUT2D eigenvalue weighted by molar-refractivity contribution is 7.12. The molecule has 1 aromatic carbocycles. The Bertz CT molecular complexity index is 1160. The lowest BCUT2D eigenvalue weighted by Crippen LogP contribution is -2.36. The summed E-state index contributed by atoms with van der Waals surface area (Å²) in [5, 5.41) is 4.04. The van der Waals surface area contributed by atoms with Crippen LogP contribution in [0, 0.1) is 0 Å². The van der Waals surface area contributed by atoms with Crippen LogP contribution in [0.25, 0.3) is 0 Å². The first-order valence-corrected chi connectivity index (χ1v) is 10.4. The summed E-state index contributed by atoms with van der Waals surface area (Å²) in [4.78, 5) is 29.0. The van der Waals surface area contributed by atoms with E-state index in [-0.39, 0.29) is 30.6 Å². The van der Waals surface area contributed by atoms with Crippen molar-refractivity contribution < 1.29 is 9.18 Å². The number of para-hydroxylation sites is 1. The average molecular weight is 428 g/mol. The number of thiophene rings is 1. The van der Waals surface area contributed by atoms with Gasteiger partial charge in [0.15, 0.2) is 0 Å². The highest BCUT2D eigenvalue weighted by Crippen LogP contribution is 2.37. The number of anilines is 1. The molecule has 0 bridgehead atoms. The number of hydrogen-bond acceptors (Lipinski definition) is 5. The minimum atomic E-state index is -0.333. The molecule has 1 aliphatic rings. The Kier molecular flexibility index (Phi) is 5.65. The lowest BCUT2D eigenvalue weighted by Gasteiger charge is -2.31. The fourth-order valence-electron chi connectivity index (χ4n) is 3.65. The Morgan fingerprint density at radius 2 is 2.10 bits per heavy atom. The van der Waals surface area contributed by atoms with Gasteiger partial charge in [0.1, 0.15) is 6.33 Å². The maximum absolute atomic E-state index is 12.9. The van der Waals surface area contributed by atoms with Gasteiger partial charge in [0.2, 0.25) is 5.91 Å². The fourth-order valence-corrected chi connectivity index (χ4v) is 4.76.